The molecule has 8 aromatic rings. The predicted molar refractivity (Wildman–Crippen MR) is 199 cm³/mol. The summed E-state index contributed by atoms with van der Waals surface area (Å²) in [5, 5.41) is 14.7. The second-order valence-corrected chi connectivity index (χ2v) is 13.2. The van der Waals surface area contributed by atoms with Crippen molar-refractivity contribution >= 4 is 21.5 Å². The zero-order valence-corrected chi connectivity index (χ0v) is 27.1. The van der Waals surface area contributed by atoms with Crippen molar-refractivity contribution in [1.82, 2.24) is 15.0 Å². The summed E-state index contributed by atoms with van der Waals surface area (Å²) in [6.07, 6.45) is 0. The van der Waals surface area contributed by atoms with E-state index in [1.165, 1.54) is 21.9 Å². The molecule has 0 atom stereocenters. The third-order valence-electron chi connectivity index (χ3n) is 9.93. The molecule has 0 bridgehead atoms. The summed E-state index contributed by atoms with van der Waals surface area (Å²) in [5.74, 6) is 1.85. The van der Waals surface area contributed by atoms with Crippen molar-refractivity contribution in [2.45, 2.75) is 19.3 Å². The van der Waals surface area contributed by atoms with Gasteiger partial charge in [-0.25, -0.2) is 15.0 Å². The highest BCUT2D eigenvalue weighted by Gasteiger charge is 2.38. The number of nitriles is 1. The zero-order chi connectivity index (χ0) is 33.1. The molecule has 0 radical (unpaired) electrons. The van der Waals surface area contributed by atoms with Crippen LogP contribution in [0.25, 0.3) is 78.0 Å². The van der Waals surface area contributed by atoms with Crippen LogP contribution in [0, 0.1) is 11.3 Å². The summed E-state index contributed by atoms with van der Waals surface area (Å²) in [4.78, 5) is 15.2. The van der Waals surface area contributed by atoms with Crippen LogP contribution in [0.4, 0.5) is 0 Å². The van der Waals surface area contributed by atoms with Crippen molar-refractivity contribution in [1.29, 1.82) is 5.26 Å². The van der Waals surface area contributed by atoms with Gasteiger partial charge in [-0.3, -0.25) is 0 Å². The fourth-order valence-corrected chi connectivity index (χ4v) is 7.41. The smallest absolute Gasteiger partial charge is 0.164 e. The van der Waals surface area contributed by atoms with Gasteiger partial charge < -0.3 is 0 Å². The first kappa shape index (κ1) is 28.8. The number of fused-ring (bicyclic) bond motifs is 5. The van der Waals surface area contributed by atoms with Gasteiger partial charge in [-0.1, -0.05) is 135 Å². The fraction of sp³-hybridized carbons (Fsp3) is 0.0667. The molecule has 0 saturated heterocycles. The van der Waals surface area contributed by atoms with Crippen LogP contribution in [-0.2, 0) is 5.41 Å². The normalized spacial score (nSPS) is 12.8. The minimum atomic E-state index is -0.219. The van der Waals surface area contributed by atoms with Crippen LogP contribution < -0.4 is 0 Å². The quantitative estimate of drug-likeness (QED) is 0.195. The molecule has 0 amide bonds. The minimum absolute atomic E-state index is 0.219. The molecule has 4 heteroatoms. The lowest BCUT2D eigenvalue weighted by molar-refractivity contribution is 0.660. The average molecular weight is 627 g/mol. The van der Waals surface area contributed by atoms with E-state index in [1.54, 1.807) is 0 Å². The van der Waals surface area contributed by atoms with E-state index < -0.39 is 0 Å². The van der Waals surface area contributed by atoms with Crippen molar-refractivity contribution < 1.29 is 0 Å². The van der Waals surface area contributed by atoms with Gasteiger partial charge in [0.25, 0.3) is 0 Å². The van der Waals surface area contributed by atoms with Gasteiger partial charge in [0.2, 0.25) is 0 Å². The van der Waals surface area contributed by atoms with Gasteiger partial charge in [0.15, 0.2) is 17.5 Å². The molecule has 0 spiro atoms. The molecule has 0 fully saturated rings. The zero-order valence-electron chi connectivity index (χ0n) is 27.1. The standard InChI is InChI=1S/C45H30N4/c1-45(2)38-18-8-16-36(27-46)40(38)41-37(17-9-19-39(41)45)32-14-7-15-33(26-32)42-47-43(34-22-20-28-10-3-5-12-30(28)24-34)49-44(48-42)35-23-21-29-11-4-6-13-31(29)25-35/h3-26H,1-2H3. The van der Waals surface area contributed by atoms with Crippen LogP contribution >= 0.6 is 0 Å². The monoisotopic (exact) mass is 626 g/mol. The van der Waals surface area contributed by atoms with E-state index in [-0.39, 0.29) is 5.41 Å². The Kier molecular flexibility index (Phi) is 6.50. The molecule has 0 unspecified atom stereocenters. The molecule has 7 aromatic carbocycles. The SMILES string of the molecule is CC1(C)c2cccc(C#N)c2-c2c(-c3cccc(-c4nc(-c5ccc6ccccc6c5)nc(-c5ccc6ccccc6c5)n4)c3)cccc21. The Hall–Kier alpha value is -6.44. The molecule has 4 nitrogen and oxygen atoms in total. The lowest BCUT2D eigenvalue weighted by atomic mass is 9.82. The van der Waals surface area contributed by atoms with Crippen LogP contribution in [0.1, 0.15) is 30.5 Å². The summed E-state index contributed by atoms with van der Waals surface area (Å²) in [5.41, 5.74) is 9.95. The summed E-state index contributed by atoms with van der Waals surface area (Å²) in [6.45, 7) is 4.49. The Labute approximate surface area is 285 Å². The topological polar surface area (TPSA) is 62.5 Å². The van der Waals surface area contributed by atoms with E-state index in [4.69, 9.17) is 15.0 Å². The first-order valence-corrected chi connectivity index (χ1v) is 16.5. The number of benzene rings is 7. The largest absolute Gasteiger partial charge is 0.208 e. The predicted octanol–water partition coefficient (Wildman–Crippen LogP) is 11.0. The van der Waals surface area contributed by atoms with E-state index in [2.05, 4.69) is 153 Å². The lowest BCUT2D eigenvalue weighted by Gasteiger charge is -2.21. The van der Waals surface area contributed by atoms with Crippen LogP contribution in [-0.4, -0.2) is 15.0 Å². The number of hydrogen-bond acceptors (Lipinski definition) is 4. The highest BCUT2D eigenvalue weighted by molar-refractivity contribution is 5.95. The Balaban J connectivity index is 1.23. The summed E-state index contributed by atoms with van der Waals surface area (Å²) >= 11 is 0. The van der Waals surface area contributed by atoms with E-state index in [1.807, 2.05) is 12.1 Å². The van der Waals surface area contributed by atoms with Gasteiger partial charge in [0, 0.05) is 27.7 Å². The van der Waals surface area contributed by atoms with Crippen molar-refractivity contribution in [3.05, 3.63) is 162 Å². The number of nitrogens with zero attached hydrogens (tertiary/aromatic N) is 4. The van der Waals surface area contributed by atoms with Gasteiger partial charge >= 0.3 is 0 Å². The first-order valence-electron chi connectivity index (χ1n) is 16.5. The maximum absolute atomic E-state index is 10.1. The number of hydrogen-bond donors (Lipinski definition) is 0. The average Bonchev–Trinajstić information content (AvgIpc) is 3.40. The Bertz CT molecular complexity index is 2560. The molecule has 1 aromatic heterocycles. The molecule has 1 heterocycles. The Morgan fingerprint density at radius 1 is 0.449 bits per heavy atom. The van der Waals surface area contributed by atoms with E-state index in [0.717, 1.165) is 49.7 Å². The van der Waals surface area contributed by atoms with Crippen molar-refractivity contribution in [3.63, 3.8) is 0 Å². The second kappa shape index (κ2) is 11.1. The molecule has 230 valence electrons. The Morgan fingerprint density at radius 2 is 0.939 bits per heavy atom. The molecule has 9 rings (SSSR count). The molecule has 0 saturated carbocycles. The highest BCUT2D eigenvalue weighted by Crippen LogP contribution is 2.53. The molecule has 1 aliphatic rings. The van der Waals surface area contributed by atoms with Crippen LogP contribution in [0.5, 0.6) is 0 Å². The van der Waals surface area contributed by atoms with Crippen LogP contribution in [0.15, 0.2) is 146 Å². The molecule has 0 aliphatic heterocycles. The third kappa shape index (κ3) is 4.71. The van der Waals surface area contributed by atoms with Gasteiger partial charge in [0.1, 0.15) is 0 Å². The van der Waals surface area contributed by atoms with Gasteiger partial charge in [-0.2, -0.15) is 5.26 Å². The Morgan fingerprint density at radius 3 is 1.53 bits per heavy atom. The number of rotatable bonds is 4. The first-order chi connectivity index (χ1) is 24.0. The molecule has 49 heavy (non-hydrogen) atoms. The molecule has 0 N–H and O–H groups in total. The maximum Gasteiger partial charge on any atom is 0.164 e. The molecular weight excluding hydrogens is 597 g/mol. The molecule has 1 aliphatic carbocycles. The van der Waals surface area contributed by atoms with Crippen molar-refractivity contribution in [3.8, 4) is 62.5 Å². The summed E-state index contributed by atoms with van der Waals surface area (Å²) in [7, 11) is 0. The highest BCUT2D eigenvalue weighted by atomic mass is 15.0. The van der Waals surface area contributed by atoms with E-state index in [0.29, 0.717) is 23.0 Å². The lowest BCUT2D eigenvalue weighted by Crippen LogP contribution is -2.14. The fourth-order valence-electron chi connectivity index (χ4n) is 7.41. The van der Waals surface area contributed by atoms with Crippen molar-refractivity contribution in [2.75, 3.05) is 0 Å². The maximum atomic E-state index is 10.1. The minimum Gasteiger partial charge on any atom is -0.208 e. The van der Waals surface area contributed by atoms with E-state index in [9.17, 15) is 5.26 Å². The van der Waals surface area contributed by atoms with Crippen molar-refractivity contribution in [2.24, 2.45) is 0 Å². The van der Waals surface area contributed by atoms with Gasteiger partial charge in [-0.15, -0.1) is 0 Å². The molecular formula is C45H30N4. The van der Waals surface area contributed by atoms with Gasteiger partial charge in [0.05, 0.1) is 11.6 Å². The number of aromatic nitrogens is 3. The third-order valence-corrected chi connectivity index (χ3v) is 9.93. The summed E-state index contributed by atoms with van der Waals surface area (Å²) < 4.78 is 0. The van der Waals surface area contributed by atoms with Crippen LogP contribution in [0.3, 0.4) is 0 Å². The summed E-state index contributed by atoms with van der Waals surface area (Å²) in [6, 6.07) is 52.8. The second-order valence-electron chi connectivity index (χ2n) is 13.2. The van der Waals surface area contributed by atoms with Gasteiger partial charge in [-0.05, 0) is 73.6 Å². The van der Waals surface area contributed by atoms with E-state index >= 15 is 0 Å². The van der Waals surface area contributed by atoms with Crippen LogP contribution in [0.2, 0.25) is 0 Å².